The van der Waals surface area contributed by atoms with E-state index < -0.39 is 0 Å². The van der Waals surface area contributed by atoms with Gasteiger partial charge in [-0.1, -0.05) is 36.8 Å². The van der Waals surface area contributed by atoms with Gasteiger partial charge in [0.05, 0.1) is 0 Å². The number of aryl methyl sites for hydroxylation is 2. The van der Waals surface area contributed by atoms with Crippen molar-refractivity contribution in [1.82, 2.24) is 0 Å². The zero-order valence-electron chi connectivity index (χ0n) is 6.52. The molecule has 1 heteroatoms. The van der Waals surface area contributed by atoms with Crippen LogP contribution in [0.2, 0.25) is 0 Å². The topological polar surface area (TPSA) is 31.5 Å². The van der Waals surface area contributed by atoms with Gasteiger partial charge in [-0.25, -0.2) is 0 Å². The molecule has 1 nitrogen and oxygen atoms in total. The van der Waals surface area contributed by atoms with Gasteiger partial charge in [0.15, 0.2) is 0 Å². The molecule has 56 valence electrons. The molecule has 0 heterocycles. The van der Waals surface area contributed by atoms with Crippen LogP contribution in [0.4, 0.5) is 0 Å². The zero-order chi connectivity index (χ0) is 6.69. The predicted molar refractivity (Wildman–Crippen MR) is 44.2 cm³/mol. The van der Waals surface area contributed by atoms with Crippen molar-refractivity contribution >= 4 is 0 Å². The first-order valence-corrected chi connectivity index (χ1v) is 3.38. The molecule has 0 atom stereocenters. The highest BCUT2D eigenvalue weighted by molar-refractivity contribution is 5.20. The average molecular weight is 138 g/mol. The van der Waals surface area contributed by atoms with Gasteiger partial charge < -0.3 is 5.48 Å². The Morgan fingerprint density at radius 3 is 2.00 bits per heavy atom. The molecule has 0 aliphatic heterocycles. The summed E-state index contributed by atoms with van der Waals surface area (Å²) < 4.78 is 0. The smallest absolute Gasteiger partial charge is 0.0307 e. The van der Waals surface area contributed by atoms with E-state index >= 15 is 0 Å². The summed E-state index contributed by atoms with van der Waals surface area (Å²) in [6, 6.07) is 8.66. The Hall–Kier alpha value is -0.820. The summed E-state index contributed by atoms with van der Waals surface area (Å²) in [5.74, 6) is 0. The lowest BCUT2D eigenvalue weighted by Crippen LogP contribution is -1.77. The third-order valence-corrected chi connectivity index (χ3v) is 1.53. The van der Waals surface area contributed by atoms with Gasteiger partial charge in [-0.05, 0) is 18.9 Å². The Balaban J connectivity index is 0.000000810. The van der Waals surface area contributed by atoms with Crippen molar-refractivity contribution in [2.24, 2.45) is 0 Å². The summed E-state index contributed by atoms with van der Waals surface area (Å²) in [6.07, 6.45) is 1.14. The van der Waals surface area contributed by atoms with Crippen LogP contribution >= 0.6 is 0 Å². The molecule has 2 N–H and O–H groups in total. The first kappa shape index (κ1) is 9.18. The third kappa shape index (κ3) is 2.19. The van der Waals surface area contributed by atoms with Crippen LogP contribution in [-0.2, 0) is 6.42 Å². The van der Waals surface area contributed by atoms with Crippen molar-refractivity contribution in [2.45, 2.75) is 20.3 Å². The van der Waals surface area contributed by atoms with Crippen molar-refractivity contribution in [3.05, 3.63) is 35.4 Å². The highest BCUT2D eigenvalue weighted by Crippen LogP contribution is 2.02. The van der Waals surface area contributed by atoms with Crippen molar-refractivity contribution < 1.29 is 5.48 Å². The average Bonchev–Trinajstić information content (AvgIpc) is 1.90. The van der Waals surface area contributed by atoms with E-state index in [1.807, 2.05) is 0 Å². The van der Waals surface area contributed by atoms with Crippen LogP contribution in [0.1, 0.15) is 18.1 Å². The molecule has 0 unspecified atom stereocenters. The first-order valence-electron chi connectivity index (χ1n) is 3.38. The molecule has 0 spiro atoms. The molecule has 0 aromatic heterocycles. The predicted octanol–water partition coefficient (Wildman–Crippen LogP) is 1.73. The maximum atomic E-state index is 2.18. The molecular formula is C9H14O. The third-order valence-electron chi connectivity index (χ3n) is 1.53. The van der Waals surface area contributed by atoms with E-state index in [1.54, 1.807) is 0 Å². The van der Waals surface area contributed by atoms with E-state index in [4.69, 9.17) is 0 Å². The summed E-state index contributed by atoms with van der Waals surface area (Å²) in [5, 5.41) is 0. The fourth-order valence-corrected chi connectivity index (χ4v) is 0.824. The van der Waals surface area contributed by atoms with Crippen molar-refractivity contribution in [2.75, 3.05) is 0 Å². The summed E-state index contributed by atoms with van der Waals surface area (Å²) in [4.78, 5) is 0. The number of hydrogen-bond acceptors (Lipinski definition) is 0. The van der Waals surface area contributed by atoms with E-state index in [-0.39, 0.29) is 5.48 Å². The molecule has 0 saturated heterocycles. The molecule has 0 radical (unpaired) electrons. The second kappa shape index (κ2) is 4.07. The van der Waals surface area contributed by atoms with Crippen molar-refractivity contribution in [1.29, 1.82) is 0 Å². The Labute approximate surface area is 62.0 Å². The highest BCUT2D eigenvalue weighted by Gasteiger charge is 1.84. The molecule has 1 aromatic carbocycles. The maximum Gasteiger partial charge on any atom is -0.0307 e. The number of hydrogen-bond donors (Lipinski definition) is 0. The van der Waals surface area contributed by atoms with Crippen LogP contribution in [0.25, 0.3) is 0 Å². The Kier molecular flexibility index (Phi) is 3.74. The molecule has 0 bridgehead atoms. The van der Waals surface area contributed by atoms with Crippen LogP contribution in [0.5, 0.6) is 0 Å². The van der Waals surface area contributed by atoms with Gasteiger partial charge in [0, 0.05) is 0 Å². The SMILES string of the molecule is CCc1ccc(C)cc1.O. The van der Waals surface area contributed by atoms with E-state index in [9.17, 15) is 0 Å². The van der Waals surface area contributed by atoms with Gasteiger partial charge in [-0.2, -0.15) is 0 Å². The maximum absolute atomic E-state index is 2.18. The van der Waals surface area contributed by atoms with E-state index in [2.05, 4.69) is 38.1 Å². The van der Waals surface area contributed by atoms with Crippen LogP contribution in [-0.4, -0.2) is 5.48 Å². The zero-order valence-corrected chi connectivity index (χ0v) is 6.52. The van der Waals surface area contributed by atoms with E-state index in [1.165, 1.54) is 11.1 Å². The van der Waals surface area contributed by atoms with Crippen molar-refractivity contribution in [3.8, 4) is 0 Å². The highest BCUT2D eigenvalue weighted by atomic mass is 16.0. The standard InChI is InChI=1S/C9H12.H2O/c1-3-9-6-4-8(2)5-7-9;/h4-7H,3H2,1-2H3;1H2. The lowest BCUT2D eigenvalue weighted by molar-refractivity contribution is 0.824. The van der Waals surface area contributed by atoms with Gasteiger partial charge in [0.25, 0.3) is 0 Å². The van der Waals surface area contributed by atoms with Gasteiger partial charge in [-0.3, -0.25) is 0 Å². The normalized spacial score (nSPS) is 8.60. The summed E-state index contributed by atoms with van der Waals surface area (Å²) in [6.45, 7) is 4.28. The van der Waals surface area contributed by atoms with Gasteiger partial charge in [-0.15, -0.1) is 0 Å². The number of rotatable bonds is 1. The minimum absolute atomic E-state index is 0. The van der Waals surface area contributed by atoms with Crippen LogP contribution in [0.3, 0.4) is 0 Å². The number of benzene rings is 1. The molecule has 0 aliphatic carbocycles. The Morgan fingerprint density at radius 2 is 1.60 bits per heavy atom. The van der Waals surface area contributed by atoms with Gasteiger partial charge in [0.1, 0.15) is 0 Å². The monoisotopic (exact) mass is 138 g/mol. The quantitative estimate of drug-likeness (QED) is 0.566. The van der Waals surface area contributed by atoms with Gasteiger partial charge in [0.2, 0.25) is 0 Å². The lowest BCUT2D eigenvalue weighted by atomic mass is 10.1. The summed E-state index contributed by atoms with van der Waals surface area (Å²) in [7, 11) is 0. The van der Waals surface area contributed by atoms with Gasteiger partial charge >= 0.3 is 0 Å². The van der Waals surface area contributed by atoms with Crippen molar-refractivity contribution in [3.63, 3.8) is 0 Å². The molecule has 10 heavy (non-hydrogen) atoms. The molecule has 0 fully saturated rings. The minimum atomic E-state index is 0. The Bertz CT molecular complexity index is 176. The molecule has 1 rings (SSSR count). The molecule has 0 aliphatic rings. The van der Waals surface area contributed by atoms with Crippen LogP contribution in [0.15, 0.2) is 24.3 Å². The molecule has 1 aromatic rings. The minimum Gasteiger partial charge on any atom is -0.412 e. The lowest BCUT2D eigenvalue weighted by Gasteiger charge is -1.94. The van der Waals surface area contributed by atoms with Crippen LogP contribution < -0.4 is 0 Å². The fraction of sp³-hybridized carbons (Fsp3) is 0.333. The Morgan fingerprint density at radius 1 is 1.10 bits per heavy atom. The first-order chi connectivity index (χ1) is 4.33. The summed E-state index contributed by atoms with van der Waals surface area (Å²) >= 11 is 0. The van der Waals surface area contributed by atoms with E-state index in [0.29, 0.717) is 0 Å². The second-order valence-electron chi connectivity index (χ2n) is 2.34. The molecular weight excluding hydrogens is 124 g/mol. The summed E-state index contributed by atoms with van der Waals surface area (Å²) in [5.41, 5.74) is 2.76. The molecule has 0 saturated carbocycles. The largest absolute Gasteiger partial charge is 0.412 e. The molecule has 0 amide bonds. The second-order valence-corrected chi connectivity index (χ2v) is 2.34. The van der Waals surface area contributed by atoms with E-state index in [0.717, 1.165) is 6.42 Å². The fourth-order valence-electron chi connectivity index (χ4n) is 0.824. The van der Waals surface area contributed by atoms with Crippen LogP contribution in [0, 0.1) is 6.92 Å².